The summed E-state index contributed by atoms with van der Waals surface area (Å²) in [5, 5.41) is 5.90. The van der Waals surface area contributed by atoms with Gasteiger partial charge in [0.25, 0.3) is 9.05 Å². The molecule has 0 bridgehead atoms. The van der Waals surface area contributed by atoms with Crippen molar-refractivity contribution < 1.29 is 8.42 Å². The predicted octanol–water partition coefficient (Wildman–Crippen LogP) is 2.09. The Bertz CT molecular complexity index is 598. The van der Waals surface area contributed by atoms with Gasteiger partial charge in [0, 0.05) is 35.4 Å². The van der Waals surface area contributed by atoms with Crippen LogP contribution in [0.1, 0.15) is 17.5 Å². The van der Waals surface area contributed by atoms with Gasteiger partial charge in [-0.2, -0.15) is 0 Å². The van der Waals surface area contributed by atoms with Crippen LogP contribution in [-0.2, 0) is 13.9 Å². The van der Waals surface area contributed by atoms with Gasteiger partial charge in [0.15, 0.2) is 4.87 Å². The van der Waals surface area contributed by atoms with Crippen LogP contribution in [0, 0.1) is 0 Å². The topological polar surface area (TPSA) is 58.2 Å². The summed E-state index contributed by atoms with van der Waals surface area (Å²) in [6.07, 6.45) is 4.03. The van der Waals surface area contributed by atoms with Crippen LogP contribution in [0.3, 0.4) is 0 Å². The Hall–Kier alpha value is -1.04. The number of fused-ring (bicyclic) bond motifs is 1. The van der Waals surface area contributed by atoms with E-state index >= 15 is 0 Å². The van der Waals surface area contributed by atoms with Crippen molar-refractivity contribution in [1.82, 2.24) is 5.32 Å². The summed E-state index contributed by atoms with van der Waals surface area (Å²) in [6, 6.07) is 5.59. The molecule has 0 aromatic heterocycles. The Labute approximate surface area is 111 Å². The molecule has 0 saturated heterocycles. The number of benzene rings is 1. The van der Waals surface area contributed by atoms with E-state index in [1.165, 1.54) is 0 Å². The summed E-state index contributed by atoms with van der Waals surface area (Å²) in [7, 11) is 5.23. The summed E-state index contributed by atoms with van der Waals surface area (Å²) in [5.41, 5.74) is 2.29. The second-order valence-corrected chi connectivity index (χ2v) is 6.93. The molecule has 0 spiro atoms. The van der Waals surface area contributed by atoms with Crippen LogP contribution in [0.15, 0.2) is 24.3 Å². The molecule has 18 heavy (non-hydrogen) atoms. The fourth-order valence-corrected chi connectivity index (χ4v) is 4.06. The number of anilines is 1. The highest BCUT2D eigenvalue weighted by atomic mass is 35.7. The van der Waals surface area contributed by atoms with Gasteiger partial charge < -0.3 is 5.32 Å². The van der Waals surface area contributed by atoms with Crippen molar-refractivity contribution in [1.29, 1.82) is 0 Å². The van der Waals surface area contributed by atoms with Gasteiger partial charge in [-0.05, 0) is 18.7 Å². The molecule has 2 rings (SSSR count). The molecular formula is C12H15ClN2O2S. The van der Waals surface area contributed by atoms with Crippen LogP contribution in [0.4, 0.5) is 5.69 Å². The van der Waals surface area contributed by atoms with Gasteiger partial charge in [-0.3, -0.25) is 5.32 Å². The predicted molar refractivity (Wildman–Crippen MR) is 75.2 cm³/mol. The van der Waals surface area contributed by atoms with Crippen LogP contribution >= 0.6 is 10.7 Å². The summed E-state index contributed by atoms with van der Waals surface area (Å²) in [4.78, 5) is -1.28. The van der Waals surface area contributed by atoms with Gasteiger partial charge in [-0.1, -0.05) is 24.3 Å². The molecule has 0 saturated carbocycles. The quantitative estimate of drug-likeness (QED) is 0.836. The highest BCUT2D eigenvalue weighted by Gasteiger charge is 2.46. The Kier molecular flexibility index (Phi) is 3.40. The highest BCUT2D eigenvalue weighted by molar-refractivity contribution is 8.14. The van der Waals surface area contributed by atoms with Gasteiger partial charge in [0.05, 0.1) is 0 Å². The lowest BCUT2D eigenvalue weighted by Gasteiger charge is -2.35. The Balaban J connectivity index is 2.81. The molecule has 1 atom stereocenters. The van der Waals surface area contributed by atoms with E-state index in [4.69, 9.17) is 10.7 Å². The molecule has 0 aliphatic heterocycles. The number of halogens is 1. The van der Waals surface area contributed by atoms with E-state index in [0.717, 1.165) is 11.3 Å². The first-order valence-corrected chi connectivity index (χ1v) is 7.88. The van der Waals surface area contributed by atoms with Gasteiger partial charge in [0.1, 0.15) is 0 Å². The lowest BCUT2D eigenvalue weighted by atomic mass is 9.90. The SMILES string of the molecule is CNc1cccc2c1C(NC)(S(=O)(=O)Cl)CC=C2. The standard InChI is InChI=1S/C12H15ClN2O2S/c1-14-10-7-3-5-9-6-4-8-12(15-2,11(9)10)18(13,16)17/h3-7,14-15H,8H2,1-2H3. The smallest absolute Gasteiger partial charge is 0.256 e. The maximum Gasteiger partial charge on any atom is 0.256 e. The van der Waals surface area contributed by atoms with Crippen LogP contribution in [-0.4, -0.2) is 22.5 Å². The van der Waals surface area contributed by atoms with E-state index < -0.39 is 13.9 Å². The van der Waals surface area contributed by atoms with Crippen molar-refractivity contribution in [3.05, 3.63) is 35.4 Å². The lowest BCUT2D eigenvalue weighted by molar-refractivity contribution is 0.480. The minimum Gasteiger partial charge on any atom is -0.388 e. The second-order valence-electron chi connectivity index (χ2n) is 4.14. The molecule has 4 nitrogen and oxygen atoms in total. The normalized spacial score (nSPS) is 22.6. The van der Waals surface area contributed by atoms with Crippen molar-refractivity contribution in [2.45, 2.75) is 11.3 Å². The first kappa shape index (κ1) is 13.4. The Morgan fingerprint density at radius 3 is 2.61 bits per heavy atom. The van der Waals surface area contributed by atoms with Crippen LogP contribution < -0.4 is 10.6 Å². The number of nitrogens with one attached hydrogen (secondary N) is 2. The minimum atomic E-state index is -3.81. The van der Waals surface area contributed by atoms with E-state index in [0.29, 0.717) is 12.0 Å². The molecule has 1 aliphatic carbocycles. The average molecular weight is 287 g/mol. The molecule has 1 aliphatic rings. The van der Waals surface area contributed by atoms with Gasteiger partial charge in [0.2, 0.25) is 0 Å². The zero-order valence-corrected chi connectivity index (χ0v) is 11.8. The van der Waals surface area contributed by atoms with Crippen LogP contribution in [0.25, 0.3) is 6.08 Å². The fourth-order valence-electron chi connectivity index (χ4n) is 2.39. The van der Waals surface area contributed by atoms with Crippen molar-refractivity contribution in [3.8, 4) is 0 Å². The first-order valence-electron chi connectivity index (χ1n) is 5.57. The molecule has 98 valence electrons. The van der Waals surface area contributed by atoms with E-state index in [2.05, 4.69) is 10.6 Å². The maximum absolute atomic E-state index is 12.0. The van der Waals surface area contributed by atoms with E-state index in [9.17, 15) is 8.42 Å². The number of hydrogen-bond donors (Lipinski definition) is 2. The maximum atomic E-state index is 12.0. The first-order chi connectivity index (χ1) is 8.46. The molecule has 1 aromatic carbocycles. The third-order valence-electron chi connectivity index (χ3n) is 3.29. The van der Waals surface area contributed by atoms with E-state index in [-0.39, 0.29) is 0 Å². The average Bonchev–Trinajstić information content (AvgIpc) is 2.35. The Morgan fingerprint density at radius 1 is 1.33 bits per heavy atom. The molecule has 2 N–H and O–H groups in total. The van der Waals surface area contributed by atoms with E-state index in [1.54, 1.807) is 14.1 Å². The molecule has 0 heterocycles. The molecular weight excluding hydrogens is 272 g/mol. The van der Waals surface area contributed by atoms with E-state index in [1.807, 2.05) is 30.4 Å². The number of hydrogen-bond acceptors (Lipinski definition) is 4. The summed E-state index contributed by atoms with van der Waals surface area (Å²) in [6.45, 7) is 0. The third-order valence-corrected chi connectivity index (χ3v) is 5.49. The second kappa shape index (κ2) is 4.57. The summed E-state index contributed by atoms with van der Waals surface area (Å²) >= 11 is 0. The molecule has 6 heteroatoms. The largest absolute Gasteiger partial charge is 0.388 e. The number of rotatable bonds is 3. The van der Waals surface area contributed by atoms with Gasteiger partial charge in [-0.15, -0.1) is 0 Å². The fraction of sp³-hybridized carbons (Fsp3) is 0.333. The van der Waals surface area contributed by atoms with Gasteiger partial charge in [-0.25, -0.2) is 8.42 Å². The third kappa shape index (κ3) is 1.83. The van der Waals surface area contributed by atoms with Gasteiger partial charge >= 0.3 is 0 Å². The molecule has 0 fully saturated rings. The van der Waals surface area contributed by atoms with Crippen molar-refractivity contribution >= 4 is 31.5 Å². The van der Waals surface area contributed by atoms with Crippen molar-refractivity contribution in [2.24, 2.45) is 0 Å². The Morgan fingerprint density at radius 2 is 2.06 bits per heavy atom. The summed E-state index contributed by atoms with van der Waals surface area (Å²) < 4.78 is 24.0. The highest BCUT2D eigenvalue weighted by Crippen LogP contribution is 2.43. The summed E-state index contributed by atoms with van der Waals surface area (Å²) in [5.74, 6) is 0. The minimum absolute atomic E-state index is 0.307. The van der Waals surface area contributed by atoms with Crippen LogP contribution in [0.5, 0.6) is 0 Å². The molecule has 1 aromatic rings. The van der Waals surface area contributed by atoms with Crippen molar-refractivity contribution in [2.75, 3.05) is 19.4 Å². The molecule has 0 amide bonds. The zero-order chi connectivity index (χ0) is 13.4. The molecule has 1 unspecified atom stereocenters. The van der Waals surface area contributed by atoms with Crippen LogP contribution in [0.2, 0.25) is 0 Å². The lowest BCUT2D eigenvalue weighted by Crippen LogP contribution is -2.46. The monoisotopic (exact) mass is 286 g/mol. The van der Waals surface area contributed by atoms with Crippen molar-refractivity contribution in [3.63, 3.8) is 0 Å². The molecule has 0 radical (unpaired) electrons. The zero-order valence-electron chi connectivity index (χ0n) is 10.2.